The van der Waals surface area contributed by atoms with Gasteiger partial charge in [-0.15, -0.1) is 0 Å². The first-order valence-electron chi connectivity index (χ1n) is 10.8. The van der Waals surface area contributed by atoms with E-state index in [1.165, 1.54) is 23.9 Å². The third-order valence-corrected chi connectivity index (χ3v) is 6.51. The largest absolute Gasteiger partial charge is 0.372 e. The van der Waals surface area contributed by atoms with E-state index in [0.29, 0.717) is 28.9 Å². The molecule has 2 atom stereocenters. The molecule has 2 aliphatic heterocycles. The second-order valence-electron chi connectivity index (χ2n) is 8.19. The van der Waals surface area contributed by atoms with Crippen LogP contribution in [0.3, 0.4) is 0 Å². The smallest absolute Gasteiger partial charge is 0.286 e. The number of amides is 1. The lowest BCUT2D eigenvalue weighted by Gasteiger charge is -2.35. The van der Waals surface area contributed by atoms with E-state index in [4.69, 9.17) is 9.84 Å². The van der Waals surface area contributed by atoms with Crippen LogP contribution in [0.15, 0.2) is 70.7 Å². The number of nitrogens with zero attached hydrogens (tertiary/aromatic N) is 4. The number of hydrogen-bond donors (Lipinski definition) is 0. The van der Waals surface area contributed by atoms with Gasteiger partial charge in [0.2, 0.25) is 0 Å². The molecule has 8 heteroatoms. The van der Waals surface area contributed by atoms with E-state index in [-0.39, 0.29) is 23.9 Å². The van der Waals surface area contributed by atoms with Crippen molar-refractivity contribution in [3.63, 3.8) is 0 Å². The highest BCUT2D eigenvalue weighted by atomic mass is 32.2. The van der Waals surface area contributed by atoms with Crippen molar-refractivity contribution in [2.24, 2.45) is 4.99 Å². The number of aliphatic imine (C=N–C) groups is 1. The molecule has 0 spiro atoms. The highest BCUT2D eigenvalue weighted by Crippen LogP contribution is 2.34. The van der Waals surface area contributed by atoms with Crippen LogP contribution in [0.4, 0.5) is 4.39 Å². The normalized spacial score (nSPS) is 22.2. The van der Waals surface area contributed by atoms with Crippen molar-refractivity contribution in [3.05, 3.63) is 77.1 Å². The zero-order valence-electron chi connectivity index (χ0n) is 18.3. The SMILES string of the molecule is C[C@H]1CN(C2=NC(=O)/C(=C/c3cn(-c4ccccc4)nc3-c3ccc(F)cc3)S2)C[C@H](C)O1. The molecule has 3 heterocycles. The second-order valence-corrected chi connectivity index (χ2v) is 9.20. The Bertz CT molecular complexity index is 1230. The van der Waals surface area contributed by atoms with E-state index < -0.39 is 0 Å². The second kappa shape index (κ2) is 8.96. The summed E-state index contributed by atoms with van der Waals surface area (Å²) in [4.78, 5) is 19.7. The van der Waals surface area contributed by atoms with E-state index in [1.807, 2.05) is 56.5 Å². The van der Waals surface area contributed by atoms with Gasteiger partial charge in [0, 0.05) is 30.4 Å². The van der Waals surface area contributed by atoms with Gasteiger partial charge in [0.1, 0.15) is 5.82 Å². The number of thioether (sulfide) groups is 1. The summed E-state index contributed by atoms with van der Waals surface area (Å²) in [5, 5.41) is 5.44. The third kappa shape index (κ3) is 4.62. The van der Waals surface area contributed by atoms with Crippen molar-refractivity contribution in [2.45, 2.75) is 26.1 Å². The highest BCUT2D eigenvalue weighted by molar-refractivity contribution is 8.18. The zero-order chi connectivity index (χ0) is 22.9. The first kappa shape index (κ1) is 21.6. The van der Waals surface area contributed by atoms with Gasteiger partial charge in [-0.2, -0.15) is 10.1 Å². The maximum absolute atomic E-state index is 13.5. The minimum Gasteiger partial charge on any atom is -0.372 e. The number of morpholine rings is 1. The van der Waals surface area contributed by atoms with Gasteiger partial charge in [0.05, 0.1) is 28.5 Å². The number of amidine groups is 1. The topological polar surface area (TPSA) is 59.7 Å². The van der Waals surface area contributed by atoms with Gasteiger partial charge in [-0.1, -0.05) is 18.2 Å². The first-order valence-corrected chi connectivity index (χ1v) is 11.6. The Labute approximate surface area is 195 Å². The number of rotatable bonds is 3. The molecule has 2 aromatic carbocycles. The summed E-state index contributed by atoms with van der Waals surface area (Å²) in [6.45, 7) is 5.44. The molecule has 3 aromatic rings. The molecule has 5 rings (SSSR count). The van der Waals surface area contributed by atoms with Crippen LogP contribution in [-0.2, 0) is 9.53 Å². The van der Waals surface area contributed by atoms with Crippen LogP contribution in [0.5, 0.6) is 0 Å². The zero-order valence-corrected chi connectivity index (χ0v) is 19.1. The molecule has 0 N–H and O–H groups in total. The lowest BCUT2D eigenvalue weighted by molar-refractivity contribution is -0.113. The van der Waals surface area contributed by atoms with Gasteiger partial charge in [-0.3, -0.25) is 4.79 Å². The molecule has 0 radical (unpaired) electrons. The quantitative estimate of drug-likeness (QED) is 0.526. The van der Waals surface area contributed by atoms with Crippen molar-refractivity contribution in [1.82, 2.24) is 14.7 Å². The molecule has 6 nitrogen and oxygen atoms in total. The Kier molecular flexibility index (Phi) is 5.86. The van der Waals surface area contributed by atoms with Crippen molar-refractivity contribution >= 4 is 28.9 Å². The molecule has 1 saturated heterocycles. The van der Waals surface area contributed by atoms with Crippen molar-refractivity contribution in [1.29, 1.82) is 0 Å². The van der Waals surface area contributed by atoms with Gasteiger partial charge in [-0.05, 0) is 68.1 Å². The molecule has 0 saturated carbocycles. The van der Waals surface area contributed by atoms with Crippen molar-refractivity contribution in [2.75, 3.05) is 13.1 Å². The van der Waals surface area contributed by atoms with E-state index >= 15 is 0 Å². The van der Waals surface area contributed by atoms with Gasteiger partial charge >= 0.3 is 0 Å². The number of para-hydroxylation sites is 1. The number of carbonyl (C=O) groups is 1. The Morgan fingerprint density at radius 2 is 1.76 bits per heavy atom. The molecule has 0 unspecified atom stereocenters. The van der Waals surface area contributed by atoms with Gasteiger partial charge in [0.15, 0.2) is 5.17 Å². The van der Waals surface area contributed by atoms with Crippen LogP contribution in [-0.4, -0.2) is 51.1 Å². The highest BCUT2D eigenvalue weighted by Gasteiger charge is 2.31. The summed E-state index contributed by atoms with van der Waals surface area (Å²) in [7, 11) is 0. The van der Waals surface area contributed by atoms with E-state index in [2.05, 4.69) is 9.89 Å². The van der Waals surface area contributed by atoms with E-state index in [9.17, 15) is 9.18 Å². The Balaban J connectivity index is 1.49. The average Bonchev–Trinajstić information content (AvgIpc) is 3.38. The molecule has 168 valence electrons. The average molecular weight is 463 g/mol. The summed E-state index contributed by atoms with van der Waals surface area (Å²) in [5.74, 6) is -0.575. The minimum absolute atomic E-state index is 0.0781. The third-order valence-electron chi connectivity index (χ3n) is 5.47. The van der Waals surface area contributed by atoms with Gasteiger partial charge in [0.25, 0.3) is 5.91 Å². The summed E-state index contributed by atoms with van der Waals surface area (Å²) >= 11 is 1.37. The molecular formula is C25H23FN4O2S. The molecule has 0 aliphatic carbocycles. The standard InChI is InChI=1S/C25H23FN4O2S/c1-16-13-29(14-17(2)32-16)25-27-24(31)22(33-25)12-19-15-30(21-6-4-3-5-7-21)28-23(19)18-8-10-20(26)11-9-18/h3-12,15-17H,13-14H2,1-2H3/b22-12-/t16-,17-/m0/s1. The molecule has 1 fully saturated rings. The Hall–Kier alpha value is -3.23. The minimum atomic E-state index is -0.310. The van der Waals surface area contributed by atoms with Gasteiger partial charge < -0.3 is 9.64 Å². The predicted octanol–water partition coefficient (Wildman–Crippen LogP) is 4.76. The number of benzene rings is 2. The molecule has 1 amide bonds. The summed E-state index contributed by atoms with van der Waals surface area (Å²) in [5.41, 5.74) is 3.10. The Morgan fingerprint density at radius 3 is 2.45 bits per heavy atom. The van der Waals surface area contributed by atoms with E-state index in [0.717, 1.165) is 16.8 Å². The summed E-state index contributed by atoms with van der Waals surface area (Å²) in [6.07, 6.45) is 3.86. The maximum atomic E-state index is 13.5. The van der Waals surface area contributed by atoms with Crippen LogP contribution in [0.2, 0.25) is 0 Å². The monoisotopic (exact) mass is 462 g/mol. The number of halogens is 1. The molecular weight excluding hydrogens is 439 g/mol. The molecule has 0 bridgehead atoms. The number of aromatic nitrogens is 2. The van der Waals surface area contributed by atoms with E-state index in [1.54, 1.807) is 16.8 Å². The fraction of sp³-hybridized carbons (Fsp3) is 0.240. The van der Waals surface area contributed by atoms with Crippen LogP contribution in [0.25, 0.3) is 23.0 Å². The van der Waals surface area contributed by atoms with Crippen LogP contribution in [0.1, 0.15) is 19.4 Å². The van der Waals surface area contributed by atoms with Crippen LogP contribution >= 0.6 is 11.8 Å². The van der Waals surface area contributed by atoms with Crippen molar-refractivity contribution < 1.29 is 13.9 Å². The first-order chi connectivity index (χ1) is 16.0. The van der Waals surface area contributed by atoms with Crippen LogP contribution in [0, 0.1) is 5.82 Å². The van der Waals surface area contributed by atoms with Crippen LogP contribution < -0.4 is 0 Å². The number of ether oxygens (including phenoxy) is 1. The van der Waals surface area contributed by atoms with Gasteiger partial charge in [-0.25, -0.2) is 9.07 Å². The molecule has 33 heavy (non-hydrogen) atoms. The lowest BCUT2D eigenvalue weighted by atomic mass is 10.1. The molecule has 1 aromatic heterocycles. The Morgan fingerprint density at radius 1 is 1.06 bits per heavy atom. The predicted molar refractivity (Wildman–Crippen MR) is 129 cm³/mol. The number of carbonyl (C=O) groups excluding carboxylic acids is 1. The molecule has 2 aliphatic rings. The lowest BCUT2D eigenvalue weighted by Crippen LogP contribution is -2.47. The maximum Gasteiger partial charge on any atom is 0.286 e. The summed E-state index contributed by atoms with van der Waals surface area (Å²) in [6, 6.07) is 15.9. The summed E-state index contributed by atoms with van der Waals surface area (Å²) < 4.78 is 21.1. The fourth-order valence-electron chi connectivity index (χ4n) is 4.05. The van der Waals surface area contributed by atoms with Crippen molar-refractivity contribution in [3.8, 4) is 16.9 Å². The number of hydrogen-bond acceptors (Lipinski definition) is 5. The fourth-order valence-corrected chi connectivity index (χ4v) is 4.97.